The maximum atomic E-state index is 12.2. The zero-order chi connectivity index (χ0) is 16.7. The van der Waals surface area contributed by atoms with Crippen LogP contribution in [0.1, 0.15) is 15.9 Å². The number of halogens is 1. The number of amides is 1. The minimum atomic E-state index is -0.744. The van der Waals surface area contributed by atoms with E-state index in [9.17, 15) is 9.90 Å². The summed E-state index contributed by atoms with van der Waals surface area (Å²) < 4.78 is 5.48. The van der Waals surface area contributed by atoms with Gasteiger partial charge in [0.05, 0.1) is 19.3 Å². The van der Waals surface area contributed by atoms with Crippen LogP contribution in [-0.2, 0) is 11.3 Å². The zero-order valence-corrected chi connectivity index (χ0v) is 13.7. The summed E-state index contributed by atoms with van der Waals surface area (Å²) >= 11 is 5.89. The molecule has 0 aromatic heterocycles. The van der Waals surface area contributed by atoms with Crippen LogP contribution in [0, 0.1) is 0 Å². The van der Waals surface area contributed by atoms with Gasteiger partial charge < -0.3 is 14.7 Å². The molecular weight excluding hydrogens is 314 g/mol. The number of ether oxygens (including phenoxy) is 1. The molecule has 0 aliphatic rings. The van der Waals surface area contributed by atoms with E-state index in [4.69, 9.17) is 16.3 Å². The highest BCUT2D eigenvalue weighted by atomic mass is 35.5. The molecule has 0 heterocycles. The van der Waals surface area contributed by atoms with Gasteiger partial charge in [-0.25, -0.2) is 0 Å². The van der Waals surface area contributed by atoms with Gasteiger partial charge in [0, 0.05) is 24.2 Å². The second kappa shape index (κ2) is 8.67. The van der Waals surface area contributed by atoms with Gasteiger partial charge in [-0.05, 0) is 23.8 Å². The number of carbonyl (C=O) groups excluding carboxylic acids is 1. The smallest absolute Gasteiger partial charge is 0.253 e. The fraction of sp³-hybridized carbons (Fsp3) is 0.278. The molecule has 0 spiro atoms. The molecule has 0 aliphatic heterocycles. The molecule has 0 radical (unpaired) electrons. The molecule has 2 aromatic carbocycles. The minimum Gasteiger partial charge on any atom is -0.389 e. The Balaban J connectivity index is 1.78. The van der Waals surface area contributed by atoms with Crippen LogP contribution in [0.3, 0.4) is 0 Å². The molecule has 1 amide bonds. The molecule has 1 atom stereocenters. The van der Waals surface area contributed by atoms with Crippen LogP contribution in [0.25, 0.3) is 0 Å². The van der Waals surface area contributed by atoms with Gasteiger partial charge in [-0.1, -0.05) is 48.0 Å². The Morgan fingerprint density at radius 3 is 2.65 bits per heavy atom. The lowest BCUT2D eigenvalue weighted by molar-refractivity contribution is 0.0137. The van der Waals surface area contributed by atoms with Crippen molar-refractivity contribution in [3.05, 3.63) is 70.7 Å². The van der Waals surface area contributed by atoms with Crippen LogP contribution in [0.4, 0.5) is 0 Å². The Morgan fingerprint density at radius 1 is 1.22 bits per heavy atom. The summed E-state index contributed by atoms with van der Waals surface area (Å²) in [5.41, 5.74) is 1.54. The van der Waals surface area contributed by atoms with Gasteiger partial charge in [0.2, 0.25) is 0 Å². The molecule has 2 rings (SSSR count). The predicted molar refractivity (Wildman–Crippen MR) is 90.5 cm³/mol. The number of carbonyl (C=O) groups is 1. The SMILES string of the molecule is CN(CC(O)COCc1ccccc1)C(=O)c1cccc(Cl)c1. The molecule has 0 saturated heterocycles. The average Bonchev–Trinajstić information content (AvgIpc) is 2.55. The van der Waals surface area contributed by atoms with Crippen LogP contribution < -0.4 is 0 Å². The molecule has 5 heteroatoms. The van der Waals surface area contributed by atoms with E-state index in [2.05, 4.69) is 0 Å². The zero-order valence-electron chi connectivity index (χ0n) is 13.0. The number of hydrogen-bond acceptors (Lipinski definition) is 3. The number of aliphatic hydroxyl groups excluding tert-OH is 1. The van der Waals surface area contributed by atoms with Crippen LogP contribution in [0.15, 0.2) is 54.6 Å². The topological polar surface area (TPSA) is 49.8 Å². The molecule has 2 aromatic rings. The lowest BCUT2D eigenvalue weighted by Crippen LogP contribution is -2.36. The van der Waals surface area contributed by atoms with Crippen molar-refractivity contribution in [2.75, 3.05) is 20.2 Å². The Hall–Kier alpha value is -1.88. The predicted octanol–water partition coefficient (Wildman–Crippen LogP) is 2.99. The summed E-state index contributed by atoms with van der Waals surface area (Å²) in [6.07, 6.45) is -0.744. The maximum Gasteiger partial charge on any atom is 0.253 e. The third-order valence-electron chi connectivity index (χ3n) is 3.32. The summed E-state index contributed by atoms with van der Waals surface area (Å²) in [5.74, 6) is -0.186. The summed E-state index contributed by atoms with van der Waals surface area (Å²) in [6.45, 7) is 0.798. The standard InChI is InChI=1S/C18H20ClNO3/c1-20(18(22)15-8-5-9-16(19)10-15)11-17(21)13-23-12-14-6-3-2-4-7-14/h2-10,17,21H,11-13H2,1H3. The lowest BCUT2D eigenvalue weighted by atomic mass is 10.2. The van der Waals surface area contributed by atoms with E-state index >= 15 is 0 Å². The second-order valence-corrected chi connectivity index (χ2v) is 5.79. The number of nitrogens with zero attached hydrogens (tertiary/aromatic N) is 1. The van der Waals surface area contributed by atoms with E-state index in [-0.39, 0.29) is 19.1 Å². The fourth-order valence-corrected chi connectivity index (χ4v) is 2.37. The molecule has 0 fully saturated rings. The number of rotatable bonds is 7. The molecule has 1 N–H and O–H groups in total. The highest BCUT2D eigenvalue weighted by molar-refractivity contribution is 6.30. The van der Waals surface area contributed by atoms with E-state index in [1.165, 1.54) is 4.90 Å². The Labute approximate surface area is 141 Å². The van der Waals surface area contributed by atoms with Crippen molar-refractivity contribution < 1.29 is 14.6 Å². The quantitative estimate of drug-likeness (QED) is 0.847. The fourth-order valence-electron chi connectivity index (χ4n) is 2.18. The number of benzene rings is 2. The molecule has 122 valence electrons. The van der Waals surface area contributed by atoms with Crippen molar-refractivity contribution >= 4 is 17.5 Å². The Morgan fingerprint density at radius 2 is 1.96 bits per heavy atom. The van der Waals surface area contributed by atoms with Gasteiger partial charge in [0.15, 0.2) is 0 Å². The first-order valence-corrected chi connectivity index (χ1v) is 7.75. The lowest BCUT2D eigenvalue weighted by Gasteiger charge is -2.21. The molecular formula is C18H20ClNO3. The van der Waals surface area contributed by atoms with E-state index in [1.807, 2.05) is 30.3 Å². The first-order valence-electron chi connectivity index (χ1n) is 7.37. The monoisotopic (exact) mass is 333 g/mol. The molecule has 0 bridgehead atoms. The van der Waals surface area contributed by atoms with E-state index in [0.29, 0.717) is 17.2 Å². The highest BCUT2D eigenvalue weighted by Gasteiger charge is 2.15. The van der Waals surface area contributed by atoms with Crippen LogP contribution >= 0.6 is 11.6 Å². The van der Waals surface area contributed by atoms with Crippen LogP contribution in [0.5, 0.6) is 0 Å². The largest absolute Gasteiger partial charge is 0.389 e. The molecule has 0 aliphatic carbocycles. The van der Waals surface area contributed by atoms with Gasteiger partial charge in [-0.2, -0.15) is 0 Å². The average molecular weight is 334 g/mol. The third-order valence-corrected chi connectivity index (χ3v) is 3.56. The Kier molecular flexibility index (Phi) is 6.59. The summed E-state index contributed by atoms with van der Waals surface area (Å²) in [5, 5.41) is 10.5. The summed E-state index contributed by atoms with van der Waals surface area (Å²) in [6, 6.07) is 16.5. The van der Waals surface area contributed by atoms with Crippen LogP contribution in [-0.4, -0.2) is 42.2 Å². The van der Waals surface area contributed by atoms with Crippen molar-refractivity contribution in [1.29, 1.82) is 0 Å². The van der Waals surface area contributed by atoms with E-state index < -0.39 is 6.10 Å². The maximum absolute atomic E-state index is 12.2. The summed E-state index contributed by atoms with van der Waals surface area (Å²) in [4.78, 5) is 13.7. The van der Waals surface area contributed by atoms with E-state index in [1.54, 1.807) is 31.3 Å². The van der Waals surface area contributed by atoms with Crippen molar-refractivity contribution in [2.45, 2.75) is 12.7 Å². The second-order valence-electron chi connectivity index (χ2n) is 5.35. The van der Waals surface area contributed by atoms with Gasteiger partial charge >= 0.3 is 0 Å². The van der Waals surface area contributed by atoms with Gasteiger partial charge in [-0.3, -0.25) is 4.79 Å². The van der Waals surface area contributed by atoms with Crippen LogP contribution in [0.2, 0.25) is 5.02 Å². The number of likely N-dealkylation sites (N-methyl/N-ethyl adjacent to an activating group) is 1. The van der Waals surface area contributed by atoms with Crippen molar-refractivity contribution in [3.63, 3.8) is 0 Å². The molecule has 0 saturated carbocycles. The van der Waals surface area contributed by atoms with Crippen molar-refractivity contribution in [2.24, 2.45) is 0 Å². The van der Waals surface area contributed by atoms with Gasteiger partial charge in [-0.15, -0.1) is 0 Å². The van der Waals surface area contributed by atoms with Crippen molar-refractivity contribution in [1.82, 2.24) is 4.90 Å². The molecule has 1 unspecified atom stereocenters. The number of hydrogen-bond donors (Lipinski definition) is 1. The minimum absolute atomic E-state index is 0.169. The van der Waals surface area contributed by atoms with E-state index in [0.717, 1.165) is 5.56 Å². The molecule has 4 nitrogen and oxygen atoms in total. The highest BCUT2D eigenvalue weighted by Crippen LogP contribution is 2.12. The third kappa shape index (κ3) is 5.67. The first kappa shape index (κ1) is 17.5. The first-order chi connectivity index (χ1) is 11.1. The normalized spacial score (nSPS) is 12.0. The molecule has 23 heavy (non-hydrogen) atoms. The summed E-state index contributed by atoms with van der Waals surface area (Å²) in [7, 11) is 1.64. The Bertz CT molecular complexity index is 633. The van der Waals surface area contributed by atoms with Crippen molar-refractivity contribution in [3.8, 4) is 0 Å². The van der Waals surface area contributed by atoms with Gasteiger partial charge in [0.1, 0.15) is 0 Å². The van der Waals surface area contributed by atoms with Gasteiger partial charge in [0.25, 0.3) is 5.91 Å². The number of aliphatic hydroxyl groups is 1.